The molecule has 1 heterocycles. The molecule has 0 spiro atoms. The summed E-state index contributed by atoms with van der Waals surface area (Å²) >= 11 is 0. The molecule has 0 aromatic carbocycles. The number of pyridine rings is 1. The summed E-state index contributed by atoms with van der Waals surface area (Å²) in [5, 5.41) is 20.3. The van der Waals surface area contributed by atoms with E-state index in [2.05, 4.69) is 10.3 Å². The lowest BCUT2D eigenvalue weighted by Crippen LogP contribution is -2.20. The Morgan fingerprint density at radius 2 is 2.53 bits per heavy atom. The van der Waals surface area contributed by atoms with E-state index in [1.807, 2.05) is 6.07 Å². The number of carbonyl (C=O) groups is 1. The van der Waals surface area contributed by atoms with E-state index in [9.17, 15) is 4.79 Å². The summed E-state index contributed by atoms with van der Waals surface area (Å²) in [6.45, 7) is 1.87. The highest BCUT2D eigenvalue weighted by molar-refractivity contribution is 5.70. The Morgan fingerprint density at radius 3 is 3.13 bits per heavy atom. The molecule has 78 valence electrons. The largest absolute Gasteiger partial charge is 0.481 e. The van der Waals surface area contributed by atoms with Gasteiger partial charge in [0, 0.05) is 12.7 Å². The molecule has 0 amide bonds. The van der Waals surface area contributed by atoms with Gasteiger partial charge >= 0.3 is 5.97 Å². The van der Waals surface area contributed by atoms with E-state index in [4.69, 9.17) is 10.4 Å². The second-order valence-corrected chi connectivity index (χ2v) is 3.15. The van der Waals surface area contributed by atoms with E-state index in [1.54, 1.807) is 13.0 Å². The van der Waals surface area contributed by atoms with Crippen LogP contribution in [-0.2, 0) is 4.79 Å². The van der Waals surface area contributed by atoms with Crippen LogP contribution in [0.1, 0.15) is 12.5 Å². The van der Waals surface area contributed by atoms with Crippen molar-refractivity contribution in [2.24, 2.45) is 5.92 Å². The molecule has 0 saturated heterocycles. The second kappa shape index (κ2) is 4.96. The van der Waals surface area contributed by atoms with Gasteiger partial charge in [-0.25, -0.2) is 0 Å². The zero-order chi connectivity index (χ0) is 11.3. The van der Waals surface area contributed by atoms with Gasteiger partial charge in [-0.1, -0.05) is 6.92 Å². The quantitative estimate of drug-likeness (QED) is 0.768. The van der Waals surface area contributed by atoms with Gasteiger partial charge in [0.25, 0.3) is 0 Å². The minimum Gasteiger partial charge on any atom is -0.481 e. The standard InChI is InChI=1S/C10H11N3O2/c1-7(10(14)15)5-13-9-6-12-3-2-8(9)4-11/h2-3,6-7,13H,5H2,1H3,(H,14,15). The van der Waals surface area contributed by atoms with Crippen LogP contribution < -0.4 is 5.32 Å². The molecular formula is C10H11N3O2. The SMILES string of the molecule is CC(CNc1cnccc1C#N)C(=O)O. The van der Waals surface area contributed by atoms with Crippen LogP contribution in [0, 0.1) is 17.2 Å². The highest BCUT2D eigenvalue weighted by Crippen LogP contribution is 2.12. The van der Waals surface area contributed by atoms with Crippen LogP contribution >= 0.6 is 0 Å². The summed E-state index contributed by atoms with van der Waals surface area (Å²) in [4.78, 5) is 14.4. The second-order valence-electron chi connectivity index (χ2n) is 3.15. The maximum Gasteiger partial charge on any atom is 0.308 e. The molecule has 15 heavy (non-hydrogen) atoms. The van der Waals surface area contributed by atoms with Crippen molar-refractivity contribution in [1.29, 1.82) is 5.26 Å². The molecule has 0 bridgehead atoms. The number of carboxylic acid groups (broad SMARTS) is 1. The summed E-state index contributed by atoms with van der Waals surface area (Å²) in [6, 6.07) is 3.58. The molecule has 1 aromatic rings. The molecule has 0 saturated carbocycles. The molecule has 0 aliphatic carbocycles. The first-order valence-electron chi connectivity index (χ1n) is 4.46. The Kier molecular flexibility index (Phi) is 3.63. The summed E-state index contributed by atoms with van der Waals surface area (Å²) in [7, 11) is 0. The first-order valence-corrected chi connectivity index (χ1v) is 4.46. The molecule has 5 heteroatoms. The van der Waals surface area contributed by atoms with Crippen molar-refractivity contribution in [1.82, 2.24) is 4.98 Å². The maximum absolute atomic E-state index is 10.6. The number of aliphatic carboxylic acids is 1. The lowest BCUT2D eigenvalue weighted by molar-refractivity contribution is -0.140. The zero-order valence-electron chi connectivity index (χ0n) is 8.27. The first kappa shape index (κ1) is 11.0. The molecule has 1 rings (SSSR count). The number of aromatic nitrogens is 1. The summed E-state index contributed by atoms with van der Waals surface area (Å²) in [6.07, 6.45) is 3.03. The van der Waals surface area contributed by atoms with E-state index in [0.717, 1.165) is 0 Å². The Hall–Kier alpha value is -2.09. The lowest BCUT2D eigenvalue weighted by atomic mass is 10.1. The summed E-state index contributed by atoms with van der Waals surface area (Å²) in [5.41, 5.74) is 1.02. The Balaban J connectivity index is 2.66. The fraction of sp³-hybridized carbons (Fsp3) is 0.300. The molecule has 0 aliphatic heterocycles. The fourth-order valence-electron chi connectivity index (χ4n) is 0.983. The average molecular weight is 205 g/mol. The number of carboxylic acids is 1. The van der Waals surface area contributed by atoms with Crippen molar-refractivity contribution < 1.29 is 9.90 Å². The van der Waals surface area contributed by atoms with Crippen molar-refractivity contribution in [3.8, 4) is 6.07 Å². The monoisotopic (exact) mass is 205 g/mol. The Morgan fingerprint density at radius 1 is 1.80 bits per heavy atom. The van der Waals surface area contributed by atoms with Crippen LogP contribution in [0.15, 0.2) is 18.5 Å². The highest BCUT2D eigenvalue weighted by atomic mass is 16.4. The molecule has 1 unspecified atom stereocenters. The van der Waals surface area contributed by atoms with Gasteiger partial charge in [0.1, 0.15) is 6.07 Å². The molecule has 1 atom stereocenters. The average Bonchev–Trinajstić information content (AvgIpc) is 2.26. The normalized spacial score (nSPS) is 11.5. The number of nitrogens with one attached hydrogen (secondary N) is 1. The fourth-order valence-corrected chi connectivity index (χ4v) is 0.983. The van der Waals surface area contributed by atoms with Crippen molar-refractivity contribution in [2.45, 2.75) is 6.92 Å². The van der Waals surface area contributed by atoms with Gasteiger partial charge in [-0.15, -0.1) is 0 Å². The minimum absolute atomic E-state index is 0.274. The molecule has 0 fully saturated rings. The zero-order valence-corrected chi connectivity index (χ0v) is 8.27. The highest BCUT2D eigenvalue weighted by Gasteiger charge is 2.11. The number of hydrogen-bond donors (Lipinski definition) is 2. The van der Waals surface area contributed by atoms with E-state index < -0.39 is 11.9 Å². The van der Waals surface area contributed by atoms with Crippen LogP contribution in [0.25, 0.3) is 0 Å². The third-order valence-electron chi connectivity index (χ3n) is 1.96. The molecule has 2 N–H and O–H groups in total. The van der Waals surface area contributed by atoms with Gasteiger partial charge in [-0.05, 0) is 6.07 Å². The minimum atomic E-state index is -0.870. The predicted octanol–water partition coefficient (Wildman–Crippen LogP) is 1.09. The van der Waals surface area contributed by atoms with E-state index >= 15 is 0 Å². The third kappa shape index (κ3) is 2.95. The summed E-state index contributed by atoms with van der Waals surface area (Å²) < 4.78 is 0. The molecular weight excluding hydrogens is 194 g/mol. The molecule has 5 nitrogen and oxygen atoms in total. The molecule has 0 aliphatic rings. The van der Waals surface area contributed by atoms with Gasteiger partial charge in [0.2, 0.25) is 0 Å². The third-order valence-corrected chi connectivity index (χ3v) is 1.96. The van der Waals surface area contributed by atoms with Crippen molar-refractivity contribution in [3.63, 3.8) is 0 Å². The van der Waals surface area contributed by atoms with Crippen molar-refractivity contribution >= 4 is 11.7 Å². The van der Waals surface area contributed by atoms with Crippen molar-refractivity contribution in [3.05, 3.63) is 24.0 Å². The van der Waals surface area contributed by atoms with Crippen LogP contribution in [-0.4, -0.2) is 22.6 Å². The number of rotatable bonds is 4. The number of nitriles is 1. The smallest absolute Gasteiger partial charge is 0.308 e. The Bertz CT molecular complexity index is 398. The van der Waals surface area contributed by atoms with E-state index in [0.29, 0.717) is 11.3 Å². The van der Waals surface area contributed by atoms with Crippen LogP contribution in [0.3, 0.4) is 0 Å². The maximum atomic E-state index is 10.6. The number of nitrogens with zero attached hydrogens (tertiary/aromatic N) is 2. The van der Waals surface area contributed by atoms with Gasteiger partial charge in [-0.3, -0.25) is 9.78 Å². The van der Waals surface area contributed by atoms with Gasteiger partial charge < -0.3 is 10.4 Å². The van der Waals surface area contributed by atoms with Gasteiger partial charge in [-0.2, -0.15) is 5.26 Å². The van der Waals surface area contributed by atoms with Gasteiger partial charge in [0.05, 0.1) is 23.4 Å². The molecule has 0 radical (unpaired) electrons. The van der Waals surface area contributed by atoms with E-state index in [-0.39, 0.29) is 6.54 Å². The lowest BCUT2D eigenvalue weighted by Gasteiger charge is -2.09. The predicted molar refractivity (Wildman–Crippen MR) is 54.2 cm³/mol. The Labute approximate surface area is 87.4 Å². The van der Waals surface area contributed by atoms with Crippen molar-refractivity contribution in [2.75, 3.05) is 11.9 Å². The molecule has 1 aromatic heterocycles. The van der Waals surface area contributed by atoms with Crippen LogP contribution in [0.2, 0.25) is 0 Å². The number of hydrogen-bond acceptors (Lipinski definition) is 4. The first-order chi connectivity index (χ1) is 7.15. The number of anilines is 1. The summed E-state index contributed by atoms with van der Waals surface area (Å²) in [5.74, 6) is -1.37. The van der Waals surface area contributed by atoms with Crippen LogP contribution in [0.5, 0.6) is 0 Å². The topological polar surface area (TPSA) is 86.0 Å². The van der Waals surface area contributed by atoms with Crippen LogP contribution in [0.4, 0.5) is 5.69 Å². The van der Waals surface area contributed by atoms with Gasteiger partial charge in [0.15, 0.2) is 0 Å². The van der Waals surface area contributed by atoms with E-state index in [1.165, 1.54) is 12.4 Å².